The van der Waals surface area contributed by atoms with Crippen molar-refractivity contribution < 1.29 is 14.8 Å². The molecule has 3 heteroatoms. The van der Waals surface area contributed by atoms with Crippen LogP contribution in [0.2, 0.25) is 0 Å². The lowest BCUT2D eigenvalue weighted by atomic mass is 9.96. The van der Waals surface area contributed by atoms with E-state index in [0.29, 0.717) is 6.61 Å². The summed E-state index contributed by atoms with van der Waals surface area (Å²) in [5, 5.41) is 2.50. The maximum Gasteiger partial charge on any atom is 0.161 e. The molecule has 0 spiro atoms. The summed E-state index contributed by atoms with van der Waals surface area (Å²) < 4.78 is 11.0. The fraction of sp³-hybridized carbons (Fsp3) is 0.579. The van der Waals surface area contributed by atoms with Crippen molar-refractivity contribution in [3.63, 3.8) is 0 Å². The summed E-state index contributed by atoms with van der Waals surface area (Å²) >= 11 is 0. The highest BCUT2D eigenvalue weighted by Gasteiger charge is 2.14. The van der Waals surface area contributed by atoms with Gasteiger partial charge >= 0.3 is 0 Å². The van der Waals surface area contributed by atoms with E-state index in [9.17, 15) is 0 Å². The normalized spacial score (nSPS) is 16.6. The molecule has 1 fully saturated rings. The summed E-state index contributed by atoms with van der Waals surface area (Å²) in [4.78, 5) is 0. The lowest BCUT2D eigenvalue weighted by molar-refractivity contribution is -0.706. The first-order chi connectivity index (χ1) is 10.8. The molecule has 0 aromatic heterocycles. The number of benzene rings is 1. The maximum absolute atomic E-state index is 5.60. The van der Waals surface area contributed by atoms with Crippen LogP contribution in [0.5, 0.6) is 11.5 Å². The quantitative estimate of drug-likeness (QED) is 0.783. The van der Waals surface area contributed by atoms with Crippen molar-refractivity contribution in [2.24, 2.45) is 0 Å². The minimum atomic E-state index is 0.504. The van der Waals surface area contributed by atoms with E-state index in [0.717, 1.165) is 24.1 Å². The second-order valence-corrected chi connectivity index (χ2v) is 6.13. The van der Waals surface area contributed by atoms with Crippen molar-refractivity contribution in [3.05, 3.63) is 36.4 Å². The zero-order chi connectivity index (χ0) is 15.6. The fourth-order valence-electron chi connectivity index (χ4n) is 3.13. The van der Waals surface area contributed by atoms with Crippen LogP contribution in [0, 0.1) is 0 Å². The van der Waals surface area contributed by atoms with E-state index in [1.807, 2.05) is 6.07 Å². The molecule has 0 bridgehead atoms. The highest BCUT2D eigenvalue weighted by Crippen LogP contribution is 2.27. The highest BCUT2D eigenvalue weighted by molar-refractivity contribution is 5.42. The molecule has 0 radical (unpaired) electrons. The van der Waals surface area contributed by atoms with Crippen LogP contribution in [0.3, 0.4) is 0 Å². The molecule has 1 aromatic carbocycles. The van der Waals surface area contributed by atoms with Crippen LogP contribution in [0.1, 0.15) is 50.5 Å². The van der Waals surface area contributed by atoms with Crippen LogP contribution >= 0.6 is 0 Å². The first-order valence-electron chi connectivity index (χ1n) is 8.57. The third kappa shape index (κ3) is 5.38. The van der Waals surface area contributed by atoms with Gasteiger partial charge in [-0.3, -0.25) is 0 Å². The lowest BCUT2D eigenvalue weighted by Crippen LogP contribution is -2.88. The summed E-state index contributed by atoms with van der Waals surface area (Å²) in [5.74, 6) is 1.60. The molecule has 22 heavy (non-hydrogen) atoms. The van der Waals surface area contributed by atoms with Crippen LogP contribution in [-0.4, -0.2) is 19.8 Å². The van der Waals surface area contributed by atoms with Crippen LogP contribution in [0.15, 0.2) is 30.9 Å². The van der Waals surface area contributed by atoms with Crippen molar-refractivity contribution in [3.8, 4) is 11.5 Å². The number of methoxy groups -OCH3 is 1. The molecular formula is C19H30NO2+. The van der Waals surface area contributed by atoms with Crippen LogP contribution in [-0.2, 0) is 6.54 Å². The Morgan fingerprint density at radius 2 is 1.86 bits per heavy atom. The van der Waals surface area contributed by atoms with Crippen molar-refractivity contribution in [2.75, 3.05) is 13.7 Å². The second kappa shape index (κ2) is 9.52. The number of nitrogens with two attached hydrogens (primary N) is 1. The fourth-order valence-corrected chi connectivity index (χ4v) is 3.13. The molecule has 1 aliphatic rings. The highest BCUT2D eigenvalue weighted by atomic mass is 16.5. The van der Waals surface area contributed by atoms with Gasteiger partial charge in [0.05, 0.1) is 13.2 Å². The van der Waals surface area contributed by atoms with Crippen molar-refractivity contribution in [2.45, 2.75) is 57.5 Å². The van der Waals surface area contributed by atoms with E-state index in [2.05, 4.69) is 24.0 Å². The Morgan fingerprint density at radius 1 is 1.14 bits per heavy atom. The average Bonchev–Trinajstić information content (AvgIpc) is 2.52. The van der Waals surface area contributed by atoms with Gasteiger partial charge in [0.25, 0.3) is 0 Å². The maximum atomic E-state index is 5.60. The average molecular weight is 304 g/mol. The summed E-state index contributed by atoms with van der Waals surface area (Å²) in [6.45, 7) is 5.19. The number of hydrogen-bond donors (Lipinski definition) is 1. The Kier molecular flexibility index (Phi) is 7.31. The molecule has 0 amide bonds. The van der Waals surface area contributed by atoms with E-state index in [4.69, 9.17) is 9.47 Å². The van der Waals surface area contributed by atoms with Gasteiger partial charge in [-0.05, 0) is 43.9 Å². The molecule has 1 aliphatic carbocycles. The van der Waals surface area contributed by atoms with E-state index < -0.39 is 0 Å². The molecule has 0 saturated heterocycles. The zero-order valence-electron chi connectivity index (χ0n) is 13.9. The molecule has 2 rings (SSSR count). The van der Waals surface area contributed by atoms with Gasteiger partial charge in [0, 0.05) is 5.56 Å². The zero-order valence-corrected chi connectivity index (χ0v) is 13.9. The predicted molar refractivity (Wildman–Crippen MR) is 90.4 cm³/mol. The Labute approximate surface area is 134 Å². The van der Waals surface area contributed by atoms with Gasteiger partial charge in [-0.15, -0.1) is 0 Å². The Morgan fingerprint density at radius 3 is 2.55 bits per heavy atom. The lowest BCUT2D eigenvalue weighted by Gasteiger charge is -2.18. The first-order valence-corrected chi connectivity index (χ1v) is 8.57. The summed E-state index contributed by atoms with van der Waals surface area (Å²) in [6, 6.07) is 7.02. The van der Waals surface area contributed by atoms with E-state index >= 15 is 0 Å². The van der Waals surface area contributed by atoms with E-state index in [1.54, 1.807) is 13.2 Å². The monoisotopic (exact) mass is 304 g/mol. The first kappa shape index (κ1) is 16.9. The largest absolute Gasteiger partial charge is 0.493 e. The Hall–Kier alpha value is -1.48. The van der Waals surface area contributed by atoms with Crippen molar-refractivity contribution in [1.29, 1.82) is 0 Å². The van der Waals surface area contributed by atoms with Gasteiger partial charge in [0.1, 0.15) is 13.2 Å². The van der Waals surface area contributed by atoms with Gasteiger partial charge in [-0.1, -0.05) is 31.9 Å². The number of ether oxygens (including phenoxy) is 2. The molecule has 0 atom stereocenters. The Balaban J connectivity index is 1.89. The van der Waals surface area contributed by atoms with Gasteiger partial charge in [0.2, 0.25) is 0 Å². The molecule has 0 heterocycles. The topological polar surface area (TPSA) is 35.1 Å². The molecular weight excluding hydrogens is 274 g/mol. The summed E-state index contributed by atoms with van der Waals surface area (Å²) in [6.07, 6.45) is 11.5. The summed E-state index contributed by atoms with van der Waals surface area (Å²) in [7, 11) is 1.69. The van der Waals surface area contributed by atoms with Crippen LogP contribution < -0.4 is 14.8 Å². The third-order valence-electron chi connectivity index (χ3n) is 4.42. The van der Waals surface area contributed by atoms with Crippen LogP contribution in [0.25, 0.3) is 0 Å². The molecule has 1 saturated carbocycles. The van der Waals surface area contributed by atoms with Crippen molar-refractivity contribution >= 4 is 0 Å². The molecule has 2 N–H and O–H groups in total. The van der Waals surface area contributed by atoms with Crippen molar-refractivity contribution in [1.82, 2.24) is 0 Å². The number of rotatable bonds is 7. The number of quaternary nitrogens is 1. The minimum absolute atomic E-state index is 0.504. The van der Waals surface area contributed by atoms with E-state index in [1.165, 1.54) is 50.5 Å². The summed E-state index contributed by atoms with van der Waals surface area (Å²) in [5.41, 5.74) is 1.30. The molecule has 3 nitrogen and oxygen atoms in total. The SMILES string of the molecule is C=CCOc1ccc(C[NH2+]C2CCCCCCC2)cc1OC. The molecule has 122 valence electrons. The van der Waals surface area contributed by atoms with E-state index in [-0.39, 0.29) is 0 Å². The minimum Gasteiger partial charge on any atom is -0.493 e. The predicted octanol–water partition coefficient (Wildman–Crippen LogP) is 3.44. The second-order valence-electron chi connectivity index (χ2n) is 6.13. The van der Waals surface area contributed by atoms with Gasteiger partial charge in [-0.25, -0.2) is 0 Å². The molecule has 0 unspecified atom stereocenters. The molecule has 0 aliphatic heterocycles. The number of hydrogen-bond acceptors (Lipinski definition) is 2. The van der Waals surface area contributed by atoms with Gasteiger partial charge < -0.3 is 14.8 Å². The van der Waals surface area contributed by atoms with Crippen LogP contribution in [0.4, 0.5) is 0 Å². The smallest absolute Gasteiger partial charge is 0.161 e. The van der Waals surface area contributed by atoms with Gasteiger partial charge in [-0.2, -0.15) is 0 Å². The third-order valence-corrected chi connectivity index (χ3v) is 4.42. The molecule has 1 aromatic rings. The Bertz CT molecular complexity index is 451. The standard InChI is InChI=1S/C19H29NO2/c1-3-13-22-18-12-11-16(14-19(18)21-2)15-20-17-9-7-5-4-6-8-10-17/h3,11-12,14,17,20H,1,4-10,13,15H2,2H3/p+1. The van der Waals surface area contributed by atoms with Gasteiger partial charge in [0.15, 0.2) is 11.5 Å².